The van der Waals surface area contributed by atoms with Gasteiger partial charge in [0.1, 0.15) is 15.0 Å². The molecule has 0 fully saturated rings. The van der Waals surface area contributed by atoms with E-state index < -0.39 is 6.09 Å². The molecule has 136 valence electrons. The lowest BCUT2D eigenvalue weighted by molar-refractivity contribution is 0.144. The smallest absolute Gasteiger partial charge is 0.435 e. The van der Waals surface area contributed by atoms with Gasteiger partial charge in [0.05, 0.1) is 30.7 Å². The lowest BCUT2D eigenvalue weighted by atomic mass is 10.1. The molecule has 0 saturated carbocycles. The third-order valence-corrected chi connectivity index (χ3v) is 4.76. The van der Waals surface area contributed by atoms with Crippen molar-refractivity contribution in [2.75, 3.05) is 13.7 Å². The number of rotatable bonds is 5. The van der Waals surface area contributed by atoms with E-state index in [4.69, 9.17) is 9.47 Å². The Morgan fingerprint density at radius 2 is 2.19 bits per heavy atom. The average molecular weight is 466 g/mol. The second kappa shape index (κ2) is 7.98. The van der Waals surface area contributed by atoms with E-state index in [2.05, 4.69) is 37.7 Å². The van der Waals surface area contributed by atoms with Crippen molar-refractivity contribution < 1.29 is 14.3 Å². The van der Waals surface area contributed by atoms with Crippen molar-refractivity contribution in [1.29, 1.82) is 0 Å². The van der Waals surface area contributed by atoms with Crippen LogP contribution in [0, 0.1) is 10.6 Å². The van der Waals surface area contributed by atoms with E-state index in [9.17, 15) is 4.79 Å². The van der Waals surface area contributed by atoms with Crippen molar-refractivity contribution in [3.8, 4) is 17.0 Å². The summed E-state index contributed by atoms with van der Waals surface area (Å²) in [7, 11) is 1.61. The number of halogens is 1. The maximum absolute atomic E-state index is 12.4. The lowest BCUT2D eigenvalue weighted by Gasteiger charge is -2.09. The zero-order chi connectivity index (χ0) is 18.7. The zero-order valence-electron chi connectivity index (χ0n) is 14.8. The molecular weight excluding hydrogens is 447 g/mol. The highest BCUT2D eigenvalue weighted by molar-refractivity contribution is 14.1. The molecule has 0 aliphatic carbocycles. The van der Waals surface area contributed by atoms with Crippen molar-refractivity contribution in [2.45, 2.75) is 26.7 Å². The first-order valence-corrected chi connectivity index (χ1v) is 9.36. The van der Waals surface area contributed by atoms with Crippen molar-refractivity contribution in [1.82, 2.24) is 19.7 Å². The number of fused-ring (bicyclic) bond motifs is 1. The van der Waals surface area contributed by atoms with Gasteiger partial charge in [-0.3, -0.25) is 9.97 Å². The minimum Gasteiger partial charge on any atom is -0.496 e. The number of hydrogen-bond donors (Lipinski definition) is 0. The van der Waals surface area contributed by atoms with Crippen molar-refractivity contribution >= 4 is 39.6 Å². The molecule has 0 aliphatic heterocycles. The van der Waals surface area contributed by atoms with Crippen molar-refractivity contribution in [3.63, 3.8) is 0 Å². The van der Waals surface area contributed by atoms with Gasteiger partial charge in [0.25, 0.3) is 0 Å². The number of carbonyl (C=O) groups excluding carboxylic acids is 1. The molecule has 0 bridgehead atoms. The first-order chi connectivity index (χ1) is 12.6. The molecule has 0 radical (unpaired) electrons. The maximum atomic E-state index is 12.4. The van der Waals surface area contributed by atoms with Crippen LogP contribution >= 0.6 is 22.6 Å². The third-order valence-electron chi connectivity index (χ3n) is 3.96. The van der Waals surface area contributed by atoms with E-state index in [1.807, 2.05) is 19.9 Å². The van der Waals surface area contributed by atoms with Gasteiger partial charge in [-0.2, -0.15) is 9.78 Å². The zero-order valence-corrected chi connectivity index (χ0v) is 17.0. The number of carbonyl (C=O) groups is 1. The van der Waals surface area contributed by atoms with E-state index in [-0.39, 0.29) is 0 Å². The SMILES string of the molecule is CCCCOC(=O)n1nc(I)c2cc(-c3cnccc3OC)nc(C)c21. The second-order valence-electron chi connectivity index (χ2n) is 5.74. The van der Waals surface area contributed by atoms with Crippen molar-refractivity contribution in [3.05, 3.63) is 33.9 Å². The minimum atomic E-state index is -0.483. The molecule has 0 unspecified atom stereocenters. The van der Waals surface area contributed by atoms with Gasteiger partial charge < -0.3 is 9.47 Å². The molecule has 26 heavy (non-hydrogen) atoms. The fraction of sp³-hybridized carbons (Fsp3) is 0.333. The van der Waals surface area contributed by atoms with Gasteiger partial charge in [0.2, 0.25) is 0 Å². The fourth-order valence-corrected chi connectivity index (χ4v) is 3.30. The molecule has 0 aromatic carbocycles. The molecule has 0 N–H and O–H groups in total. The highest BCUT2D eigenvalue weighted by atomic mass is 127. The highest BCUT2D eigenvalue weighted by Gasteiger charge is 2.20. The maximum Gasteiger partial charge on any atom is 0.435 e. The number of unbranched alkanes of at least 4 members (excludes halogenated alkanes) is 1. The molecule has 0 amide bonds. The Labute approximate surface area is 164 Å². The Morgan fingerprint density at radius 1 is 1.38 bits per heavy atom. The van der Waals surface area contributed by atoms with Gasteiger partial charge in [-0.05, 0) is 48.1 Å². The van der Waals surface area contributed by atoms with Crippen LogP contribution in [0.15, 0.2) is 24.5 Å². The van der Waals surface area contributed by atoms with Gasteiger partial charge in [-0.15, -0.1) is 0 Å². The van der Waals surface area contributed by atoms with Crippen molar-refractivity contribution in [2.24, 2.45) is 0 Å². The summed E-state index contributed by atoms with van der Waals surface area (Å²) >= 11 is 2.11. The Bertz CT molecular complexity index is 955. The summed E-state index contributed by atoms with van der Waals surface area (Å²) in [4.78, 5) is 21.2. The van der Waals surface area contributed by atoms with E-state index >= 15 is 0 Å². The number of hydrogen-bond acceptors (Lipinski definition) is 6. The Morgan fingerprint density at radius 3 is 2.92 bits per heavy atom. The van der Waals surface area contributed by atoms with Crippen LogP contribution in [0.3, 0.4) is 0 Å². The summed E-state index contributed by atoms with van der Waals surface area (Å²) < 4.78 is 12.7. The Kier molecular flexibility index (Phi) is 5.70. The summed E-state index contributed by atoms with van der Waals surface area (Å²) in [5.74, 6) is 0.688. The molecule has 3 heterocycles. The molecule has 3 rings (SSSR count). The topological polar surface area (TPSA) is 79.1 Å². The molecule has 0 spiro atoms. The monoisotopic (exact) mass is 466 g/mol. The summed E-state index contributed by atoms with van der Waals surface area (Å²) in [5.41, 5.74) is 2.85. The lowest BCUT2D eigenvalue weighted by Crippen LogP contribution is -2.16. The summed E-state index contributed by atoms with van der Waals surface area (Å²) in [6.07, 6.45) is 4.68. The van der Waals surface area contributed by atoms with E-state index in [1.54, 1.807) is 25.6 Å². The number of methoxy groups -OCH3 is 1. The molecule has 0 saturated heterocycles. The number of aromatic nitrogens is 4. The van der Waals surface area contributed by atoms with Crippen LogP contribution in [0.1, 0.15) is 25.5 Å². The molecule has 0 atom stereocenters. The normalized spacial score (nSPS) is 10.9. The van der Waals surface area contributed by atoms with Crippen LogP contribution in [-0.4, -0.2) is 39.6 Å². The second-order valence-corrected chi connectivity index (χ2v) is 6.76. The van der Waals surface area contributed by atoms with Gasteiger partial charge in [-0.1, -0.05) is 13.3 Å². The van der Waals surface area contributed by atoms with Crippen LogP contribution in [-0.2, 0) is 4.74 Å². The largest absolute Gasteiger partial charge is 0.496 e. The summed E-state index contributed by atoms with van der Waals surface area (Å²) in [6.45, 7) is 4.27. The van der Waals surface area contributed by atoms with E-state index in [0.717, 1.165) is 29.5 Å². The standard InChI is InChI=1S/C18H19IN4O3/c1-4-5-8-26-18(24)23-16-11(2)21-14(9-12(16)17(19)22-23)13-10-20-7-6-15(13)25-3/h6-7,9-10H,4-5,8H2,1-3H3. The average Bonchev–Trinajstić information content (AvgIpc) is 2.99. The molecule has 3 aromatic rings. The van der Waals surface area contributed by atoms with E-state index in [1.165, 1.54) is 4.68 Å². The first kappa shape index (κ1) is 18.6. The van der Waals surface area contributed by atoms with Gasteiger partial charge >= 0.3 is 6.09 Å². The predicted molar refractivity (Wildman–Crippen MR) is 106 cm³/mol. The molecule has 7 nitrogen and oxygen atoms in total. The van der Waals surface area contributed by atoms with Crippen LogP contribution in [0.2, 0.25) is 0 Å². The minimum absolute atomic E-state index is 0.380. The quantitative estimate of drug-likeness (QED) is 0.415. The molecule has 0 aliphatic rings. The molecular formula is C18H19IN4O3. The number of nitrogens with zero attached hydrogens (tertiary/aromatic N) is 4. The van der Waals surface area contributed by atoms with Gasteiger partial charge in [-0.25, -0.2) is 4.79 Å². The first-order valence-electron chi connectivity index (χ1n) is 8.28. The summed E-state index contributed by atoms with van der Waals surface area (Å²) in [6, 6.07) is 3.68. The molecule has 3 aromatic heterocycles. The number of aryl methyl sites for hydroxylation is 1. The highest BCUT2D eigenvalue weighted by Crippen LogP contribution is 2.32. The number of pyridine rings is 2. The van der Waals surface area contributed by atoms with Crippen LogP contribution < -0.4 is 4.74 Å². The molecule has 8 heteroatoms. The third kappa shape index (κ3) is 3.50. The van der Waals surface area contributed by atoms with Gasteiger partial charge in [0, 0.05) is 17.8 Å². The Hall–Kier alpha value is -2.23. The van der Waals surface area contributed by atoms with Gasteiger partial charge in [0.15, 0.2) is 0 Å². The number of ether oxygens (including phenoxy) is 2. The van der Waals surface area contributed by atoms with Crippen LogP contribution in [0.5, 0.6) is 5.75 Å². The fourth-order valence-electron chi connectivity index (χ4n) is 2.67. The van der Waals surface area contributed by atoms with Crippen LogP contribution in [0.25, 0.3) is 22.2 Å². The Balaban J connectivity index is 2.08. The van der Waals surface area contributed by atoms with E-state index in [0.29, 0.717) is 27.3 Å². The summed E-state index contributed by atoms with van der Waals surface area (Å²) in [5, 5.41) is 5.19. The predicted octanol–water partition coefficient (Wildman–Crippen LogP) is 4.20. The van der Waals surface area contributed by atoms with Crippen LogP contribution in [0.4, 0.5) is 4.79 Å².